The van der Waals surface area contributed by atoms with Gasteiger partial charge in [-0.15, -0.1) is 23.2 Å². The molecule has 0 saturated carbocycles. The number of fused-ring (bicyclic) bond motifs is 2. The third-order valence-corrected chi connectivity index (χ3v) is 10.8. The van der Waals surface area contributed by atoms with E-state index in [4.69, 9.17) is 53.5 Å². The number of carbonyl (C=O) groups is 5. The van der Waals surface area contributed by atoms with Gasteiger partial charge in [0.15, 0.2) is 18.3 Å². The van der Waals surface area contributed by atoms with Crippen LogP contribution in [-0.4, -0.2) is 133 Å². The van der Waals surface area contributed by atoms with Crippen molar-refractivity contribution < 1.29 is 65.3 Å². The van der Waals surface area contributed by atoms with Crippen molar-refractivity contribution in [3.63, 3.8) is 0 Å². The molecule has 6 rings (SSSR count). The summed E-state index contributed by atoms with van der Waals surface area (Å²) >= 11 is 22.9. The van der Waals surface area contributed by atoms with Crippen LogP contribution >= 0.6 is 86.9 Å². The average Bonchev–Trinajstić information content (AvgIpc) is 3.91. The van der Waals surface area contributed by atoms with Crippen molar-refractivity contribution in [3.05, 3.63) is 66.0 Å². The summed E-state index contributed by atoms with van der Waals surface area (Å²) in [6.07, 6.45) is -3.74. The minimum absolute atomic E-state index is 0.0421. The molecular formula is C32H34Br4Cl2F6N10O8. The van der Waals surface area contributed by atoms with E-state index in [1.807, 2.05) is 24.3 Å². The molecule has 4 aliphatic heterocycles. The van der Waals surface area contributed by atoms with Crippen LogP contribution in [0.2, 0.25) is 0 Å². The Morgan fingerprint density at radius 2 is 1.16 bits per heavy atom. The lowest BCUT2D eigenvalue weighted by Gasteiger charge is -2.31. The number of ether oxygens (including phenoxy) is 1. The van der Waals surface area contributed by atoms with Crippen molar-refractivity contribution in [2.45, 2.75) is 63.1 Å². The number of aliphatic carboxylic acids is 2. The molecule has 4 atom stereocenters. The number of hydrogen-bond donors (Lipinski definition) is 8. The minimum atomic E-state index is -5.08. The number of carbonyl (C=O) groups excluding carboxylic acids is 3. The highest BCUT2D eigenvalue weighted by molar-refractivity contribution is 9.13. The summed E-state index contributed by atoms with van der Waals surface area (Å²) < 4.78 is 71.7. The first-order chi connectivity index (χ1) is 28.5. The third-order valence-electron chi connectivity index (χ3n) is 7.26. The lowest BCUT2D eigenvalue weighted by atomic mass is 10.1. The molecule has 2 aromatic rings. The van der Waals surface area contributed by atoms with E-state index in [9.17, 15) is 40.7 Å². The zero-order valence-corrected chi connectivity index (χ0v) is 39.5. The van der Waals surface area contributed by atoms with Crippen molar-refractivity contribution in [1.29, 1.82) is 0 Å². The lowest BCUT2D eigenvalue weighted by Crippen LogP contribution is -2.50. The van der Waals surface area contributed by atoms with Gasteiger partial charge >= 0.3 is 30.4 Å². The number of nitrogens with two attached hydrogens (primary N) is 1. The maximum absolute atomic E-state index is 12.8. The Morgan fingerprint density at radius 1 is 0.790 bits per heavy atom. The first-order valence-electron chi connectivity index (χ1n) is 16.7. The molecule has 0 radical (unpaired) electrons. The van der Waals surface area contributed by atoms with Crippen LogP contribution in [0.4, 0.5) is 31.1 Å². The number of nitrogens with one attached hydrogen (secondary N) is 5. The zero-order chi connectivity index (χ0) is 47.5. The summed E-state index contributed by atoms with van der Waals surface area (Å²) in [6, 6.07) is 3.21. The molecule has 4 unspecified atom stereocenters. The van der Waals surface area contributed by atoms with E-state index in [-0.39, 0.29) is 41.4 Å². The number of carboxylic acids is 2. The highest BCUT2D eigenvalue weighted by Crippen LogP contribution is 2.28. The van der Waals surface area contributed by atoms with E-state index >= 15 is 0 Å². The molecule has 6 heterocycles. The number of aromatic amines is 2. The first-order valence-corrected chi connectivity index (χ1v) is 20.9. The molecule has 30 heteroatoms. The fraction of sp³-hybridized carbons (Fsp3) is 0.406. The SMILES string of the molecule is CC(C)(C)OC(=O)NC1=NC2C(C=CCN2C(=O)c2cc(Br)c(Br)[nH]2)N1.ClCCl.NC1=NC2C(C=CCN2C(=O)c2cc(Br)c(Br)[nH]2)N1.O=C(O)C(F)(F)F.O=C(O)C(F)(F)F. The lowest BCUT2D eigenvalue weighted by molar-refractivity contribution is -0.193. The maximum Gasteiger partial charge on any atom is 0.490 e. The molecule has 344 valence electrons. The molecule has 0 aliphatic carbocycles. The highest BCUT2D eigenvalue weighted by atomic mass is 79.9. The summed E-state index contributed by atoms with van der Waals surface area (Å²) in [7, 11) is 0. The molecule has 0 fully saturated rings. The molecule has 0 aromatic carbocycles. The second-order valence-electron chi connectivity index (χ2n) is 13.0. The number of halogens is 12. The van der Waals surface area contributed by atoms with Gasteiger partial charge < -0.3 is 51.1 Å². The number of nitrogens with zero attached hydrogens (tertiary/aromatic N) is 4. The largest absolute Gasteiger partial charge is 0.490 e. The maximum atomic E-state index is 12.8. The Hall–Kier alpha value is -3.99. The molecule has 0 saturated heterocycles. The predicted molar refractivity (Wildman–Crippen MR) is 227 cm³/mol. The van der Waals surface area contributed by atoms with E-state index < -0.39 is 42.2 Å². The highest BCUT2D eigenvalue weighted by Gasteiger charge is 2.40. The number of aromatic nitrogens is 2. The number of alkyl halides is 8. The van der Waals surface area contributed by atoms with Gasteiger partial charge in [0.05, 0.1) is 35.6 Å². The van der Waals surface area contributed by atoms with Gasteiger partial charge in [-0.05, 0) is 96.6 Å². The van der Waals surface area contributed by atoms with Crippen LogP contribution in [0.15, 0.2) is 64.6 Å². The number of hydrogen-bond acceptors (Lipinski definition) is 11. The van der Waals surface area contributed by atoms with Crippen LogP contribution < -0.4 is 21.7 Å². The van der Waals surface area contributed by atoms with Crippen molar-refractivity contribution in [2.75, 3.05) is 18.4 Å². The van der Waals surface area contributed by atoms with Crippen LogP contribution in [0, 0.1) is 0 Å². The van der Waals surface area contributed by atoms with Crippen LogP contribution in [-0.2, 0) is 14.3 Å². The van der Waals surface area contributed by atoms with Gasteiger partial charge in [0.25, 0.3) is 11.8 Å². The Bertz CT molecular complexity index is 2020. The third kappa shape index (κ3) is 16.6. The monoisotopic (exact) mass is 1190 g/mol. The predicted octanol–water partition coefficient (Wildman–Crippen LogP) is 6.58. The number of aliphatic imine (C=N–C) groups is 2. The fourth-order valence-corrected chi connectivity index (χ4v) is 6.20. The van der Waals surface area contributed by atoms with Gasteiger partial charge in [-0.3, -0.25) is 14.9 Å². The van der Waals surface area contributed by atoms with Gasteiger partial charge in [-0.2, -0.15) is 26.3 Å². The van der Waals surface area contributed by atoms with E-state index in [0.29, 0.717) is 35.0 Å². The van der Waals surface area contributed by atoms with Gasteiger partial charge in [0, 0.05) is 13.1 Å². The zero-order valence-electron chi connectivity index (χ0n) is 31.6. The quantitative estimate of drug-likeness (QED) is 0.0905. The van der Waals surface area contributed by atoms with Crippen molar-refractivity contribution in [3.8, 4) is 0 Å². The molecule has 4 aliphatic rings. The Kier molecular flexibility index (Phi) is 20.2. The number of H-pyrrole nitrogens is 2. The summed E-state index contributed by atoms with van der Waals surface area (Å²) in [6.45, 7) is 6.30. The summed E-state index contributed by atoms with van der Waals surface area (Å²) in [5, 5.41) is 23.1. The van der Waals surface area contributed by atoms with Crippen molar-refractivity contribution in [2.24, 2.45) is 15.7 Å². The molecule has 18 nitrogen and oxygen atoms in total. The van der Waals surface area contributed by atoms with Crippen LogP contribution in [0.25, 0.3) is 0 Å². The van der Waals surface area contributed by atoms with E-state index in [0.717, 1.165) is 13.5 Å². The van der Waals surface area contributed by atoms with Crippen LogP contribution in [0.5, 0.6) is 0 Å². The number of alkyl carbamates (subject to hydrolysis) is 1. The van der Waals surface area contributed by atoms with E-state index in [2.05, 4.69) is 99.6 Å². The van der Waals surface area contributed by atoms with Gasteiger partial charge in [0.1, 0.15) is 17.0 Å². The first kappa shape index (κ1) is 54.1. The summed E-state index contributed by atoms with van der Waals surface area (Å²) in [4.78, 5) is 73.1. The molecule has 0 bridgehead atoms. The molecule has 3 amide bonds. The van der Waals surface area contributed by atoms with Crippen LogP contribution in [0.3, 0.4) is 0 Å². The Morgan fingerprint density at radius 3 is 1.50 bits per heavy atom. The molecule has 2 aromatic heterocycles. The second kappa shape index (κ2) is 23.1. The average molecular weight is 1190 g/mol. The minimum Gasteiger partial charge on any atom is -0.475 e. The van der Waals surface area contributed by atoms with Gasteiger partial charge in [-0.25, -0.2) is 24.4 Å². The Balaban J connectivity index is 0.000000319. The summed E-state index contributed by atoms with van der Waals surface area (Å²) in [5.41, 5.74) is 6.02. The van der Waals surface area contributed by atoms with E-state index in [1.54, 1.807) is 42.7 Å². The molecular weight excluding hydrogens is 1160 g/mol. The standard InChI is InChI=1S/C16H19Br2N5O3.C11H11Br2N5O.2C2HF3O2.CH2Cl2/c1-16(2,3)26-15(25)22-14-20-9-5-4-6-23(12(9)21-14)13(24)10-7-8(17)11(18)19-10;12-5-4-7(15-8(5)13)10(19)18-3-1-2-6-9(18)17-11(14)16-6;2*3-2(4,5)1(6)7;2-1-3/h4-5,7,9,12,19H,6H2,1-3H3,(H2,20,21,22,25);1-2,4,6,9,15H,3H2,(H3,14,16,17);2*(H,6,7);1H2. The number of amides is 3. The second-order valence-corrected chi connectivity index (χ2v) is 17.1. The Labute approximate surface area is 390 Å². The molecule has 9 N–H and O–H groups in total. The smallest absolute Gasteiger partial charge is 0.475 e. The number of rotatable bonds is 2. The van der Waals surface area contributed by atoms with Crippen LogP contribution in [0.1, 0.15) is 41.7 Å². The number of carboxylic acid groups (broad SMARTS) is 2. The normalized spacial score (nSPS) is 19.6. The molecule has 62 heavy (non-hydrogen) atoms. The van der Waals surface area contributed by atoms with Gasteiger partial charge in [0.2, 0.25) is 5.96 Å². The van der Waals surface area contributed by atoms with E-state index in [1.165, 1.54) is 0 Å². The summed E-state index contributed by atoms with van der Waals surface area (Å²) in [5.74, 6) is -5.15. The number of guanidine groups is 2. The van der Waals surface area contributed by atoms with Crippen molar-refractivity contribution >= 4 is 129 Å². The molecule has 0 spiro atoms. The van der Waals surface area contributed by atoms with Crippen molar-refractivity contribution in [1.82, 2.24) is 35.7 Å². The van der Waals surface area contributed by atoms with Gasteiger partial charge in [-0.1, -0.05) is 24.3 Å². The fourth-order valence-electron chi connectivity index (χ4n) is 4.89. The topological polar surface area (TPSA) is 260 Å².